The first-order valence-corrected chi connectivity index (χ1v) is 11.9. The lowest BCUT2D eigenvalue weighted by atomic mass is 9.99. The number of carbonyl (C=O) groups excluding carboxylic acids is 1. The van der Waals surface area contributed by atoms with E-state index in [1.807, 2.05) is 60.2 Å². The summed E-state index contributed by atoms with van der Waals surface area (Å²) in [5, 5.41) is 6.94. The van der Waals surface area contributed by atoms with Crippen LogP contribution in [0.25, 0.3) is 21.7 Å². The molecule has 0 aliphatic rings. The Labute approximate surface area is 193 Å². The molecule has 0 unspecified atom stereocenters. The van der Waals surface area contributed by atoms with Crippen LogP contribution in [0, 0.1) is 0 Å². The molecule has 0 bridgehead atoms. The van der Waals surface area contributed by atoms with Gasteiger partial charge in [-0.2, -0.15) is 0 Å². The van der Waals surface area contributed by atoms with Gasteiger partial charge in [0.05, 0.1) is 5.02 Å². The highest BCUT2D eigenvalue weighted by atomic mass is 35.5. The number of amides is 1. The molecular weight excluding hydrogens is 455 g/mol. The Morgan fingerprint density at radius 1 is 1.00 bits per heavy atom. The molecule has 4 rings (SSSR count). The molecule has 1 amide bonds. The molecule has 1 aromatic heterocycles. The summed E-state index contributed by atoms with van der Waals surface area (Å²) in [6, 6.07) is 18.7. The molecule has 0 atom stereocenters. The fourth-order valence-corrected chi connectivity index (χ4v) is 4.54. The van der Waals surface area contributed by atoms with E-state index in [1.54, 1.807) is 30.1 Å². The molecule has 1 N–H and O–H groups in total. The van der Waals surface area contributed by atoms with Crippen molar-refractivity contribution in [2.45, 2.75) is 4.90 Å². The Bertz CT molecular complexity index is 1190. The minimum atomic E-state index is -0.194. The highest BCUT2D eigenvalue weighted by molar-refractivity contribution is 7.98. The molecular formula is C23H16Cl2N2OS2. The molecule has 30 heavy (non-hydrogen) atoms. The lowest BCUT2D eigenvalue weighted by Gasteiger charge is -2.13. The van der Waals surface area contributed by atoms with Crippen LogP contribution < -0.4 is 5.32 Å². The fraction of sp³-hybridized carbons (Fsp3) is 0.0435. The second-order valence-corrected chi connectivity index (χ2v) is 9.02. The summed E-state index contributed by atoms with van der Waals surface area (Å²) in [6.07, 6.45) is 3.74. The summed E-state index contributed by atoms with van der Waals surface area (Å²) in [5.74, 6) is -0.194. The van der Waals surface area contributed by atoms with Gasteiger partial charge < -0.3 is 5.32 Å². The second kappa shape index (κ2) is 9.23. The molecule has 0 saturated carbocycles. The Hall–Kier alpha value is -2.31. The van der Waals surface area contributed by atoms with Gasteiger partial charge in [0.25, 0.3) is 5.91 Å². The maximum absolute atomic E-state index is 13.2. The Morgan fingerprint density at radius 2 is 1.80 bits per heavy atom. The van der Waals surface area contributed by atoms with Gasteiger partial charge in [-0.1, -0.05) is 35.3 Å². The summed E-state index contributed by atoms with van der Waals surface area (Å²) >= 11 is 15.5. The summed E-state index contributed by atoms with van der Waals surface area (Å²) < 4.78 is 0. The molecule has 3 aromatic carbocycles. The van der Waals surface area contributed by atoms with Crippen LogP contribution >= 0.6 is 46.3 Å². The van der Waals surface area contributed by atoms with Crippen LogP contribution in [0.4, 0.5) is 5.69 Å². The normalized spacial score (nSPS) is 10.8. The lowest BCUT2D eigenvalue weighted by molar-refractivity contribution is 0.102. The number of anilines is 1. The zero-order chi connectivity index (χ0) is 21.1. The van der Waals surface area contributed by atoms with E-state index in [-0.39, 0.29) is 5.91 Å². The Balaban J connectivity index is 1.69. The van der Waals surface area contributed by atoms with E-state index < -0.39 is 0 Å². The summed E-state index contributed by atoms with van der Waals surface area (Å²) in [5.41, 5.74) is 3.82. The Morgan fingerprint density at radius 3 is 2.50 bits per heavy atom. The molecule has 0 spiro atoms. The minimum Gasteiger partial charge on any atom is -0.322 e. The van der Waals surface area contributed by atoms with Gasteiger partial charge in [0.15, 0.2) is 0 Å². The molecule has 0 saturated heterocycles. The molecule has 150 valence electrons. The molecule has 0 radical (unpaired) electrons. The first-order chi connectivity index (χ1) is 14.5. The van der Waals surface area contributed by atoms with Crippen LogP contribution in [0.3, 0.4) is 0 Å². The van der Waals surface area contributed by atoms with Crippen LogP contribution in [-0.4, -0.2) is 17.1 Å². The molecule has 1 heterocycles. The first kappa shape index (κ1) is 20.9. The van der Waals surface area contributed by atoms with Gasteiger partial charge in [0, 0.05) is 38.3 Å². The van der Waals surface area contributed by atoms with Crippen molar-refractivity contribution in [3.63, 3.8) is 0 Å². The van der Waals surface area contributed by atoms with E-state index in [1.165, 1.54) is 11.3 Å². The molecule has 0 fully saturated rings. The number of hydrogen-bond acceptors (Lipinski definition) is 4. The quantitative estimate of drug-likeness (QED) is 0.303. The third-order valence-electron chi connectivity index (χ3n) is 4.51. The largest absolute Gasteiger partial charge is 0.322 e. The molecule has 0 aliphatic carbocycles. The monoisotopic (exact) mass is 470 g/mol. The van der Waals surface area contributed by atoms with Gasteiger partial charge >= 0.3 is 0 Å². The van der Waals surface area contributed by atoms with Crippen molar-refractivity contribution in [2.24, 2.45) is 0 Å². The van der Waals surface area contributed by atoms with Crippen molar-refractivity contribution >= 4 is 57.9 Å². The zero-order valence-corrected chi connectivity index (χ0v) is 19.0. The van der Waals surface area contributed by atoms with Gasteiger partial charge in [-0.05, 0) is 65.9 Å². The SMILES string of the molecule is CSc1ccc(C(=O)Nc2ccc(Cl)c(-c3nccs3)c2)c(-c2ccc(Cl)cc2)c1. The number of nitrogens with one attached hydrogen (secondary N) is 1. The predicted octanol–water partition coefficient (Wildman–Crippen LogP) is 7.76. The highest BCUT2D eigenvalue weighted by Crippen LogP contribution is 2.33. The van der Waals surface area contributed by atoms with E-state index >= 15 is 0 Å². The van der Waals surface area contributed by atoms with E-state index in [9.17, 15) is 4.79 Å². The van der Waals surface area contributed by atoms with Crippen molar-refractivity contribution < 1.29 is 4.79 Å². The fourth-order valence-electron chi connectivity index (χ4n) is 3.04. The van der Waals surface area contributed by atoms with Crippen molar-refractivity contribution in [3.8, 4) is 21.7 Å². The molecule has 0 aliphatic heterocycles. The van der Waals surface area contributed by atoms with Gasteiger partial charge in [-0.3, -0.25) is 4.79 Å². The number of hydrogen-bond donors (Lipinski definition) is 1. The highest BCUT2D eigenvalue weighted by Gasteiger charge is 2.15. The average molecular weight is 471 g/mol. The van der Waals surface area contributed by atoms with Gasteiger partial charge in [0.2, 0.25) is 0 Å². The average Bonchev–Trinajstić information content (AvgIpc) is 3.30. The topological polar surface area (TPSA) is 42.0 Å². The summed E-state index contributed by atoms with van der Waals surface area (Å²) in [7, 11) is 0. The van der Waals surface area contributed by atoms with Crippen LogP contribution in [-0.2, 0) is 0 Å². The van der Waals surface area contributed by atoms with Gasteiger partial charge in [-0.15, -0.1) is 23.1 Å². The Kier molecular flexibility index (Phi) is 6.44. The number of benzene rings is 3. The van der Waals surface area contributed by atoms with Crippen molar-refractivity contribution in [1.82, 2.24) is 4.98 Å². The number of thioether (sulfide) groups is 1. The van der Waals surface area contributed by atoms with Crippen molar-refractivity contribution in [1.29, 1.82) is 0 Å². The van der Waals surface area contributed by atoms with Crippen molar-refractivity contribution in [3.05, 3.63) is 87.8 Å². The lowest BCUT2D eigenvalue weighted by Crippen LogP contribution is -2.13. The van der Waals surface area contributed by atoms with Gasteiger partial charge in [0.1, 0.15) is 5.01 Å². The van der Waals surface area contributed by atoms with E-state index in [4.69, 9.17) is 23.2 Å². The van der Waals surface area contributed by atoms with Gasteiger partial charge in [-0.25, -0.2) is 4.98 Å². The van der Waals surface area contributed by atoms with Crippen LogP contribution in [0.5, 0.6) is 0 Å². The van der Waals surface area contributed by atoms with Crippen LogP contribution in [0.2, 0.25) is 10.0 Å². The van der Waals surface area contributed by atoms with E-state index in [0.717, 1.165) is 26.6 Å². The number of rotatable bonds is 5. The number of carbonyl (C=O) groups is 1. The van der Waals surface area contributed by atoms with E-state index in [2.05, 4.69) is 10.3 Å². The minimum absolute atomic E-state index is 0.194. The number of thiazole rings is 1. The molecule has 4 aromatic rings. The smallest absolute Gasteiger partial charge is 0.256 e. The maximum atomic E-state index is 13.2. The standard InChI is InChI=1S/C23H16Cl2N2OS2/c1-29-17-7-8-18(19(13-17)14-2-4-15(24)5-3-14)22(28)27-16-6-9-21(25)20(12-16)23-26-10-11-30-23/h2-13H,1H3,(H,27,28). The second-order valence-electron chi connectivity index (χ2n) is 6.40. The summed E-state index contributed by atoms with van der Waals surface area (Å²) in [4.78, 5) is 18.6. The van der Waals surface area contributed by atoms with E-state index in [0.29, 0.717) is 21.3 Å². The van der Waals surface area contributed by atoms with Crippen LogP contribution in [0.15, 0.2) is 77.1 Å². The predicted molar refractivity (Wildman–Crippen MR) is 129 cm³/mol. The summed E-state index contributed by atoms with van der Waals surface area (Å²) in [6.45, 7) is 0. The third-order valence-corrected chi connectivity index (χ3v) is 6.63. The number of nitrogens with zero attached hydrogens (tertiary/aromatic N) is 1. The zero-order valence-electron chi connectivity index (χ0n) is 15.9. The molecule has 3 nitrogen and oxygen atoms in total. The third kappa shape index (κ3) is 4.55. The number of aromatic nitrogens is 1. The number of halogens is 2. The van der Waals surface area contributed by atoms with Crippen molar-refractivity contribution in [2.75, 3.05) is 11.6 Å². The molecule has 7 heteroatoms. The van der Waals surface area contributed by atoms with Crippen LogP contribution in [0.1, 0.15) is 10.4 Å². The maximum Gasteiger partial charge on any atom is 0.256 e. The first-order valence-electron chi connectivity index (χ1n) is 9.00.